The van der Waals surface area contributed by atoms with Gasteiger partial charge in [0.05, 0.1) is 18.5 Å². The molecule has 1 aliphatic rings. The van der Waals surface area contributed by atoms with Crippen LogP contribution in [0, 0.1) is 0 Å². The molecule has 3 aromatic rings. The molecule has 7 heteroatoms. The van der Waals surface area contributed by atoms with Gasteiger partial charge in [-0.25, -0.2) is 9.48 Å². The van der Waals surface area contributed by atoms with Gasteiger partial charge in [-0.15, -0.1) is 0 Å². The van der Waals surface area contributed by atoms with Gasteiger partial charge in [0.1, 0.15) is 5.75 Å². The molecule has 156 valence electrons. The summed E-state index contributed by atoms with van der Waals surface area (Å²) in [6, 6.07) is 18.2. The molecule has 0 unspecified atom stereocenters. The van der Waals surface area contributed by atoms with E-state index in [0.717, 1.165) is 36.6 Å². The summed E-state index contributed by atoms with van der Waals surface area (Å²) in [6.07, 6.45) is 4.48. The van der Waals surface area contributed by atoms with E-state index in [1.54, 1.807) is 13.3 Å². The van der Waals surface area contributed by atoms with Crippen molar-refractivity contribution in [1.29, 1.82) is 0 Å². The minimum Gasteiger partial charge on any atom is -0.495 e. The number of nitrogens with zero attached hydrogens (tertiary/aromatic N) is 4. The molecule has 1 fully saturated rings. The van der Waals surface area contributed by atoms with Gasteiger partial charge in [-0.1, -0.05) is 24.3 Å². The van der Waals surface area contributed by atoms with Crippen molar-refractivity contribution in [1.82, 2.24) is 20.0 Å². The fourth-order valence-corrected chi connectivity index (χ4v) is 3.70. The predicted octanol–water partition coefficient (Wildman–Crippen LogP) is 2.96. The Labute approximate surface area is 176 Å². The molecule has 0 saturated carbocycles. The minimum absolute atomic E-state index is 0.00263. The highest BCUT2D eigenvalue weighted by molar-refractivity contribution is 5.74. The number of nitrogens with one attached hydrogen (secondary N) is 1. The van der Waals surface area contributed by atoms with E-state index in [0.29, 0.717) is 19.6 Å². The van der Waals surface area contributed by atoms with E-state index in [-0.39, 0.29) is 6.03 Å². The zero-order valence-electron chi connectivity index (χ0n) is 17.2. The van der Waals surface area contributed by atoms with Crippen LogP contribution in [0.3, 0.4) is 0 Å². The number of carbonyl (C=O) groups is 1. The lowest BCUT2D eigenvalue weighted by Crippen LogP contribution is -2.52. The van der Waals surface area contributed by atoms with Gasteiger partial charge < -0.3 is 19.9 Å². The van der Waals surface area contributed by atoms with Crippen LogP contribution in [0.1, 0.15) is 5.56 Å². The van der Waals surface area contributed by atoms with Crippen LogP contribution in [-0.4, -0.2) is 60.5 Å². The number of aromatic nitrogens is 2. The molecular formula is C23H27N5O2. The van der Waals surface area contributed by atoms with E-state index in [2.05, 4.69) is 33.5 Å². The second-order valence-electron chi connectivity index (χ2n) is 7.24. The third kappa shape index (κ3) is 4.56. The van der Waals surface area contributed by atoms with E-state index in [4.69, 9.17) is 4.74 Å². The molecule has 1 aromatic heterocycles. The normalized spacial score (nSPS) is 13.9. The molecule has 1 aliphatic heterocycles. The summed E-state index contributed by atoms with van der Waals surface area (Å²) >= 11 is 0. The SMILES string of the molecule is COc1ccccc1N1CCN(C(=O)NCCc2ccc(-n3cccn3)cc2)CC1. The summed E-state index contributed by atoms with van der Waals surface area (Å²) in [7, 11) is 1.69. The van der Waals surface area contributed by atoms with Crippen molar-refractivity contribution < 1.29 is 9.53 Å². The first-order valence-corrected chi connectivity index (χ1v) is 10.2. The predicted molar refractivity (Wildman–Crippen MR) is 117 cm³/mol. The van der Waals surface area contributed by atoms with Gasteiger partial charge in [-0.3, -0.25) is 0 Å². The van der Waals surface area contributed by atoms with Crippen LogP contribution in [-0.2, 0) is 6.42 Å². The van der Waals surface area contributed by atoms with Crippen LogP contribution in [0.2, 0.25) is 0 Å². The van der Waals surface area contributed by atoms with Crippen LogP contribution >= 0.6 is 0 Å². The van der Waals surface area contributed by atoms with Crippen LogP contribution in [0.4, 0.5) is 10.5 Å². The molecule has 0 radical (unpaired) electrons. The number of hydrogen-bond donors (Lipinski definition) is 1. The number of carbonyl (C=O) groups excluding carboxylic acids is 1. The van der Waals surface area contributed by atoms with Crippen LogP contribution < -0.4 is 15.0 Å². The Bertz CT molecular complexity index is 948. The Morgan fingerprint density at radius 1 is 1.03 bits per heavy atom. The fourth-order valence-electron chi connectivity index (χ4n) is 3.70. The van der Waals surface area contributed by atoms with Crippen molar-refractivity contribution in [3.05, 3.63) is 72.6 Å². The Morgan fingerprint density at radius 2 is 1.80 bits per heavy atom. The molecule has 30 heavy (non-hydrogen) atoms. The summed E-state index contributed by atoms with van der Waals surface area (Å²) in [4.78, 5) is 16.7. The van der Waals surface area contributed by atoms with Crippen molar-refractivity contribution in [3.63, 3.8) is 0 Å². The van der Waals surface area contributed by atoms with Gasteiger partial charge >= 0.3 is 6.03 Å². The fraction of sp³-hybridized carbons (Fsp3) is 0.304. The molecule has 0 spiro atoms. The van der Waals surface area contributed by atoms with E-state index in [1.165, 1.54) is 5.56 Å². The Morgan fingerprint density at radius 3 is 2.50 bits per heavy atom. The number of para-hydroxylation sites is 2. The summed E-state index contributed by atoms with van der Waals surface area (Å²) in [5.41, 5.74) is 3.30. The molecule has 4 rings (SSSR count). The first-order valence-electron chi connectivity index (χ1n) is 10.2. The smallest absolute Gasteiger partial charge is 0.317 e. The number of anilines is 1. The molecule has 1 saturated heterocycles. The number of rotatable bonds is 6. The topological polar surface area (TPSA) is 62.6 Å². The maximum absolute atomic E-state index is 12.5. The number of urea groups is 1. The van der Waals surface area contributed by atoms with Gasteiger partial charge in [0.15, 0.2) is 0 Å². The van der Waals surface area contributed by atoms with Gasteiger partial charge in [-0.05, 0) is 42.3 Å². The third-order valence-corrected chi connectivity index (χ3v) is 5.39. The highest BCUT2D eigenvalue weighted by Crippen LogP contribution is 2.28. The molecule has 0 aliphatic carbocycles. The van der Waals surface area contributed by atoms with Gasteiger partial charge in [0.25, 0.3) is 0 Å². The second kappa shape index (κ2) is 9.35. The lowest BCUT2D eigenvalue weighted by atomic mass is 10.1. The van der Waals surface area contributed by atoms with Gasteiger partial charge in [0.2, 0.25) is 0 Å². The summed E-state index contributed by atoms with van der Waals surface area (Å²) in [5, 5.41) is 7.28. The molecule has 2 aromatic carbocycles. The lowest BCUT2D eigenvalue weighted by Gasteiger charge is -2.36. The van der Waals surface area contributed by atoms with Crippen molar-refractivity contribution in [2.75, 3.05) is 44.7 Å². The molecule has 2 amide bonds. The van der Waals surface area contributed by atoms with E-state index >= 15 is 0 Å². The number of amides is 2. The average Bonchev–Trinajstić information content (AvgIpc) is 3.34. The summed E-state index contributed by atoms with van der Waals surface area (Å²) < 4.78 is 7.29. The largest absolute Gasteiger partial charge is 0.495 e. The number of benzene rings is 2. The maximum atomic E-state index is 12.5. The van der Waals surface area contributed by atoms with E-state index in [9.17, 15) is 4.79 Å². The number of methoxy groups -OCH3 is 1. The van der Waals surface area contributed by atoms with Crippen LogP contribution in [0.25, 0.3) is 5.69 Å². The van der Waals surface area contributed by atoms with Gasteiger partial charge in [0, 0.05) is 45.1 Å². The zero-order valence-corrected chi connectivity index (χ0v) is 17.2. The number of piperazine rings is 1. The van der Waals surface area contributed by atoms with Gasteiger partial charge in [-0.2, -0.15) is 5.10 Å². The van der Waals surface area contributed by atoms with Crippen molar-refractivity contribution >= 4 is 11.7 Å². The zero-order chi connectivity index (χ0) is 20.8. The molecule has 0 bridgehead atoms. The molecule has 0 atom stereocenters. The standard InChI is InChI=1S/C23H27N5O2/c1-30-22-6-3-2-5-21(22)26-15-17-27(18-16-26)23(29)24-13-11-19-7-9-20(10-8-19)28-14-4-12-25-28/h2-10,12,14H,11,13,15-18H2,1H3,(H,24,29). The minimum atomic E-state index is 0.00263. The highest BCUT2D eigenvalue weighted by atomic mass is 16.5. The number of hydrogen-bond acceptors (Lipinski definition) is 4. The molecule has 7 nitrogen and oxygen atoms in total. The highest BCUT2D eigenvalue weighted by Gasteiger charge is 2.22. The Kier molecular flexibility index (Phi) is 6.17. The Balaban J connectivity index is 1.22. The molecule has 1 N–H and O–H groups in total. The molecule has 2 heterocycles. The van der Waals surface area contributed by atoms with Crippen molar-refractivity contribution in [3.8, 4) is 11.4 Å². The quantitative estimate of drug-likeness (QED) is 0.685. The van der Waals surface area contributed by atoms with E-state index in [1.807, 2.05) is 52.2 Å². The average molecular weight is 406 g/mol. The van der Waals surface area contributed by atoms with Crippen LogP contribution in [0.5, 0.6) is 5.75 Å². The first-order chi connectivity index (χ1) is 14.7. The second-order valence-corrected chi connectivity index (χ2v) is 7.24. The molecular weight excluding hydrogens is 378 g/mol. The lowest BCUT2D eigenvalue weighted by molar-refractivity contribution is 0.194. The number of ether oxygens (including phenoxy) is 1. The Hall–Kier alpha value is -3.48. The summed E-state index contributed by atoms with van der Waals surface area (Å²) in [6.45, 7) is 3.60. The van der Waals surface area contributed by atoms with E-state index < -0.39 is 0 Å². The third-order valence-electron chi connectivity index (χ3n) is 5.39. The maximum Gasteiger partial charge on any atom is 0.317 e. The monoisotopic (exact) mass is 405 g/mol. The van der Waals surface area contributed by atoms with Crippen molar-refractivity contribution in [2.45, 2.75) is 6.42 Å². The summed E-state index contributed by atoms with van der Waals surface area (Å²) in [5.74, 6) is 0.869. The van der Waals surface area contributed by atoms with Crippen LogP contribution in [0.15, 0.2) is 67.0 Å². The van der Waals surface area contributed by atoms with Crippen molar-refractivity contribution in [2.24, 2.45) is 0 Å². The first kappa shape index (κ1) is 19.8.